The smallest absolute Gasteiger partial charge is 0.219 e. The Morgan fingerprint density at radius 1 is 1.30 bits per heavy atom. The minimum atomic E-state index is 0.225. The molecule has 0 aromatic rings. The molecule has 0 atom stereocenters. The van der Waals surface area contributed by atoms with Crippen LogP contribution in [0.25, 0.3) is 0 Å². The topological polar surface area (TPSA) is 37.4 Å². The molecule has 0 bridgehead atoms. The number of carbonyl (C=O) groups is 2. The number of carbonyl (C=O) groups excluding carboxylic acids is 2. The Morgan fingerprint density at radius 2 is 1.70 bits per heavy atom. The van der Waals surface area contributed by atoms with Gasteiger partial charge in [0.15, 0.2) is 0 Å². The first kappa shape index (κ1) is 9.14. The van der Waals surface area contributed by atoms with E-state index in [1.807, 2.05) is 11.7 Å². The summed E-state index contributed by atoms with van der Waals surface area (Å²) < 4.78 is 0. The number of nitrogens with zero attached hydrogens (tertiary/aromatic N) is 1. The van der Waals surface area contributed by atoms with Crippen molar-refractivity contribution in [2.45, 2.75) is 19.8 Å². The van der Waals surface area contributed by atoms with Crippen molar-refractivity contribution in [2.75, 3.05) is 13.1 Å². The molecule has 0 unspecified atom stereocenters. The van der Waals surface area contributed by atoms with Gasteiger partial charge in [-0.3, -0.25) is 4.79 Å². The average Bonchev–Trinajstić information content (AvgIpc) is 2.42. The summed E-state index contributed by atoms with van der Waals surface area (Å²) in [7, 11) is 0. The number of amides is 1. The van der Waals surface area contributed by atoms with Crippen molar-refractivity contribution in [2.24, 2.45) is 0 Å². The van der Waals surface area contributed by atoms with Gasteiger partial charge >= 0.3 is 0 Å². The molecule has 58 valence electrons. The third-order valence-electron chi connectivity index (χ3n) is 1.55. The molecule has 1 saturated heterocycles. The molecule has 3 nitrogen and oxygen atoms in total. The molecule has 1 fully saturated rings. The van der Waals surface area contributed by atoms with Gasteiger partial charge in [0.25, 0.3) is 0 Å². The summed E-state index contributed by atoms with van der Waals surface area (Å²) in [4.78, 5) is 20.5. The Morgan fingerprint density at radius 3 is 1.90 bits per heavy atom. The van der Waals surface area contributed by atoms with E-state index in [0.717, 1.165) is 13.1 Å². The lowest BCUT2D eigenvalue weighted by Gasteiger charge is -2.10. The first-order valence-electron chi connectivity index (χ1n) is 3.35. The SMILES string of the molecule is C=O.CC(=O)N1CCCC1. The van der Waals surface area contributed by atoms with Gasteiger partial charge in [0.2, 0.25) is 5.91 Å². The van der Waals surface area contributed by atoms with Crippen LogP contribution < -0.4 is 0 Å². The molecule has 1 aliphatic heterocycles. The number of hydrogen-bond donors (Lipinski definition) is 0. The van der Waals surface area contributed by atoms with Gasteiger partial charge in [0.05, 0.1) is 0 Å². The summed E-state index contributed by atoms with van der Waals surface area (Å²) in [6.07, 6.45) is 2.39. The van der Waals surface area contributed by atoms with Gasteiger partial charge in [-0.25, -0.2) is 0 Å². The molecule has 0 radical (unpaired) electrons. The molecule has 10 heavy (non-hydrogen) atoms. The predicted molar refractivity (Wildman–Crippen MR) is 38.6 cm³/mol. The molecule has 1 amide bonds. The standard InChI is InChI=1S/C6H11NO.CH2O/c1-6(8)7-4-2-3-5-7;1-2/h2-5H2,1H3;1H2. The first-order chi connectivity index (χ1) is 4.80. The highest BCUT2D eigenvalue weighted by molar-refractivity contribution is 5.73. The number of likely N-dealkylation sites (tertiary alicyclic amines) is 1. The summed E-state index contributed by atoms with van der Waals surface area (Å²) in [6.45, 7) is 5.59. The maximum absolute atomic E-state index is 10.6. The molecule has 1 rings (SSSR count). The fourth-order valence-corrected chi connectivity index (χ4v) is 1.03. The lowest BCUT2D eigenvalue weighted by Crippen LogP contribution is -2.24. The molecule has 1 aliphatic rings. The van der Waals surface area contributed by atoms with Crippen LogP contribution in [-0.4, -0.2) is 30.7 Å². The van der Waals surface area contributed by atoms with Crippen molar-refractivity contribution in [1.29, 1.82) is 0 Å². The monoisotopic (exact) mass is 143 g/mol. The van der Waals surface area contributed by atoms with Crippen LogP contribution in [0.5, 0.6) is 0 Å². The van der Waals surface area contributed by atoms with Crippen molar-refractivity contribution in [3.63, 3.8) is 0 Å². The molecule has 0 N–H and O–H groups in total. The third-order valence-corrected chi connectivity index (χ3v) is 1.55. The Bertz CT molecular complexity index is 108. The van der Waals surface area contributed by atoms with E-state index in [1.54, 1.807) is 6.92 Å². The Balaban J connectivity index is 0.000000371. The van der Waals surface area contributed by atoms with E-state index in [9.17, 15) is 4.79 Å². The Labute approximate surface area is 61.0 Å². The van der Waals surface area contributed by atoms with Crippen LogP contribution in [0.15, 0.2) is 0 Å². The molecule has 0 aromatic heterocycles. The zero-order valence-corrected chi connectivity index (χ0v) is 6.30. The fraction of sp³-hybridized carbons (Fsp3) is 0.714. The van der Waals surface area contributed by atoms with E-state index in [4.69, 9.17) is 4.79 Å². The molecule has 0 aliphatic carbocycles. The number of rotatable bonds is 0. The highest BCUT2D eigenvalue weighted by atomic mass is 16.2. The molecular formula is C7H13NO2. The van der Waals surface area contributed by atoms with Gasteiger partial charge < -0.3 is 9.69 Å². The van der Waals surface area contributed by atoms with E-state index in [0.29, 0.717) is 0 Å². The van der Waals surface area contributed by atoms with Crippen molar-refractivity contribution in [3.8, 4) is 0 Å². The Hall–Kier alpha value is -0.860. The maximum atomic E-state index is 10.6. The van der Waals surface area contributed by atoms with Crippen molar-refractivity contribution >= 4 is 12.7 Å². The highest BCUT2D eigenvalue weighted by Crippen LogP contribution is 2.05. The molecule has 0 aromatic carbocycles. The lowest BCUT2D eigenvalue weighted by atomic mass is 10.4. The van der Waals surface area contributed by atoms with Gasteiger partial charge in [-0.1, -0.05) is 0 Å². The van der Waals surface area contributed by atoms with Gasteiger partial charge in [0, 0.05) is 20.0 Å². The van der Waals surface area contributed by atoms with Crippen LogP contribution in [0.2, 0.25) is 0 Å². The third kappa shape index (κ3) is 2.62. The first-order valence-corrected chi connectivity index (χ1v) is 3.35. The van der Waals surface area contributed by atoms with Gasteiger partial charge in [-0.2, -0.15) is 0 Å². The van der Waals surface area contributed by atoms with Crippen LogP contribution in [0.4, 0.5) is 0 Å². The normalized spacial score (nSPS) is 15.9. The molecule has 0 spiro atoms. The molecule has 0 saturated carbocycles. The Kier molecular flexibility index (Phi) is 4.54. The van der Waals surface area contributed by atoms with E-state index >= 15 is 0 Å². The maximum Gasteiger partial charge on any atom is 0.219 e. The van der Waals surface area contributed by atoms with Gasteiger partial charge in [-0.15, -0.1) is 0 Å². The summed E-state index contributed by atoms with van der Waals surface area (Å²) in [5, 5.41) is 0. The van der Waals surface area contributed by atoms with Crippen molar-refractivity contribution in [1.82, 2.24) is 4.90 Å². The summed E-state index contributed by atoms with van der Waals surface area (Å²) in [5.74, 6) is 0.225. The van der Waals surface area contributed by atoms with E-state index < -0.39 is 0 Å². The molecule has 3 heteroatoms. The summed E-state index contributed by atoms with van der Waals surface area (Å²) in [6, 6.07) is 0. The second-order valence-corrected chi connectivity index (χ2v) is 2.21. The number of hydrogen-bond acceptors (Lipinski definition) is 2. The quantitative estimate of drug-likeness (QED) is 0.493. The molecule has 1 heterocycles. The summed E-state index contributed by atoms with van der Waals surface area (Å²) >= 11 is 0. The van der Waals surface area contributed by atoms with Crippen LogP contribution in [-0.2, 0) is 9.59 Å². The van der Waals surface area contributed by atoms with Crippen LogP contribution in [0.3, 0.4) is 0 Å². The van der Waals surface area contributed by atoms with Gasteiger partial charge in [0.1, 0.15) is 6.79 Å². The summed E-state index contributed by atoms with van der Waals surface area (Å²) in [5.41, 5.74) is 0. The molecular weight excluding hydrogens is 130 g/mol. The average molecular weight is 143 g/mol. The second-order valence-electron chi connectivity index (χ2n) is 2.21. The zero-order chi connectivity index (χ0) is 7.98. The van der Waals surface area contributed by atoms with E-state index in [1.165, 1.54) is 12.8 Å². The second kappa shape index (κ2) is 4.97. The van der Waals surface area contributed by atoms with Crippen LogP contribution >= 0.6 is 0 Å². The lowest BCUT2D eigenvalue weighted by molar-refractivity contribution is -0.127. The van der Waals surface area contributed by atoms with Gasteiger partial charge in [-0.05, 0) is 12.8 Å². The van der Waals surface area contributed by atoms with E-state index in [2.05, 4.69) is 0 Å². The van der Waals surface area contributed by atoms with Crippen LogP contribution in [0, 0.1) is 0 Å². The predicted octanol–water partition coefficient (Wildman–Crippen LogP) is 0.444. The van der Waals surface area contributed by atoms with Crippen molar-refractivity contribution in [3.05, 3.63) is 0 Å². The van der Waals surface area contributed by atoms with E-state index in [-0.39, 0.29) is 5.91 Å². The largest absolute Gasteiger partial charge is 0.343 e. The van der Waals surface area contributed by atoms with Crippen LogP contribution in [0.1, 0.15) is 19.8 Å². The highest BCUT2D eigenvalue weighted by Gasteiger charge is 2.12. The minimum absolute atomic E-state index is 0.225. The minimum Gasteiger partial charge on any atom is -0.343 e. The zero-order valence-electron chi connectivity index (χ0n) is 6.30. The van der Waals surface area contributed by atoms with Crippen molar-refractivity contribution < 1.29 is 9.59 Å². The fourth-order valence-electron chi connectivity index (χ4n) is 1.03.